The van der Waals surface area contributed by atoms with E-state index in [1.54, 1.807) is 0 Å². The van der Waals surface area contributed by atoms with E-state index in [1.807, 2.05) is 0 Å². The topological polar surface area (TPSA) is 202 Å². The molecular weight excluding hydrogens is 625 g/mol. The molecular formula is C28H33F3N4O9S. The molecule has 1 unspecified atom stereocenters. The molecule has 1 saturated heterocycles. The number of aliphatic hydroxyl groups is 3. The molecule has 0 radical (unpaired) electrons. The van der Waals surface area contributed by atoms with E-state index >= 15 is 0 Å². The molecule has 1 amide bonds. The first-order valence-electron chi connectivity index (χ1n) is 13.9. The molecule has 4 aliphatic rings. The van der Waals surface area contributed by atoms with Gasteiger partial charge in [-0.05, 0) is 57.1 Å². The molecule has 0 bridgehead atoms. The van der Waals surface area contributed by atoms with E-state index in [2.05, 4.69) is 0 Å². The fraction of sp³-hybridized carbons (Fsp3) is 0.536. The maximum Gasteiger partial charge on any atom is 0.417 e. The van der Waals surface area contributed by atoms with Crippen LogP contribution in [0.4, 0.5) is 13.2 Å². The maximum atomic E-state index is 15.0. The Morgan fingerprint density at radius 2 is 1.78 bits per heavy atom. The van der Waals surface area contributed by atoms with Gasteiger partial charge in [0.05, 0.1) is 23.4 Å². The summed E-state index contributed by atoms with van der Waals surface area (Å²) in [7, 11) is 0.543. The number of aliphatic hydroxyl groups excluding tert-OH is 2. The fourth-order valence-electron chi connectivity index (χ4n) is 7.43. The van der Waals surface area contributed by atoms with Gasteiger partial charge in [0.1, 0.15) is 22.8 Å². The van der Waals surface area contributed by atoms with Crippen molar-refractivity contribution in [2.75, 3.05) is 47.0 Å². The molecule has 1 aromatic carbocycles. The van der Waals surface area contributed by atoms with Crippen molar-refractivity contribution in [2.45, 2.75) is 36.7 Å². The number of Topliss-reactive ketones (excluding diaryl/α,β-unsaturated/α-hetero) is 2. The van der Waals surface area contributed by atoms with Crippen molar-refractivity contribution in [3.05, 3.63) is 45.2 Å². The molecule has 2 fully saturated rings. The van der Waals surface area contributed by atoms with Crippen molar-refractivity contribution in [1.82, 2.24) is 14.1 Å². The van der Waals surface area contributed by atoms with Crippen LogP contribution in [0.3, 0.4) is 0 Å². The number of phenolic OH excluding ortho intramolecular Hbond substituents is 1. The quantitative estimate of drug-likeness (QED) is 0.277. The van der Waals surface area contributed by atoms with Crippen molar-refractivity contribution in [3.63, 3.8) is 0 Å². The number of hydrogen-bond donors (Lipinski definition) is 5. The van der Waals surface area contributed by atoms with Gasteiger partial charge in [0.2, 0.25) is 15.8 Å². The Balaban J connectivity index is 1.74. The monoisotopic (exact) mass is 658 g/mol. The van der Waals surface area contributed by atoms with Gasteiger partial charge in [-0.25, -0.2) is 8.42 Å². The largest absolute Gasteiger partial charge is 0.508 e. The predicted molar refractivity (Wildman–Crippen MR) is 151 cm³/mol. The van der Waals surface area contributed by atoms with Crippen molar-refractivity contribution < 1.29 is 56.4 Å². The number of likely N-dealkylation sites (N-methyl/N-ethyl adjacent to an activating group) is 2. The number of alkyl halides is 3. The van der Waals surface area contributed by atoms with E-state index in [0.29, 0.717) is 0 Å². The number of nitrogens with zero attached hydrogens (tertiary/aromatic N) is 3. The van der Waals surface area contributed by atoms with E-state index in [9.17, 15) is 56.4 Å². The fourth-order valence-corrected chi connectivity index (χ4v) is 8.25. The Bertz CT molecular complexity index is 1700. The molecule has 3 aliphatic carbocycles. The minimum absolute atomic E-state index is 0.0377. The number of rotatable bonds is 4. The summed E-state index contributed by atoms with van der Waals surface area (Å²) in [5, 5.41) is 45.0. The minimum Gasteiger partial charge on any atom is -0.508 e. The Hall–Kier alpha value is -3.51. The summed E-state index contributed by atoms with van der Waals surface area (Å²) in [6.45, 7) is -0.221. The summed E-state index contributed by atoms with van der Waals surface area (Å²) in [5.41, 5.74) is -2.15. The molecule has 1 aliphatic heterocycles. The molecule has 6 N–H and O–H groups in total. The lowest BCUT2D eigenvalue weighted by Crippen LogP contribution is -2.65. The number of nitrogens with two attached hydrogens (primary N) is 1. The highest BCUT2D eigenvalue weighted by Crippen LogP contribution is 2.55. The van der Waals surface area contributed by atoms with Gasteiger partial charge in [0.15, 0.2) is 11.4 Å². The molecule has 13 nitrogen and oxygen atoms in total. The van der Waals surface area contributed by atoms with Crippen LogP contribution in [-0.4, -0.2) is 119 Å². The zero-order valence-corrected chi connectivity index (χ0v) is 25.5. The number of carbonyl (C=O) groups excluding carboxylic acids is 3. The number of amides is 1. The Morgan fingerprint density at radius 1 is 1.16 bits per heavy atom. The number of halogens is 3. The van der Waals surface area contributed by atoms with Crippen molar-refractivity contribution in [1.29, 1.82) is 0 Å². The van der Waals surface area contributed by atoms with Gasteiger partial charge in [-0.3, -0.25) is 24.2 Å². The average Bonchev–Trinajstić information content (AvgIpc) is 2.88. The second kappa shape index (κ2) is 10.5. The number of piperazine rings is 1. The number of aromatic hydroxyl groups is 1. The maximum absolute atomic E-state index is 15.0. The third-order valence-corrected chi connectivity index (χ3v) is 10.7. The summed E-state index contributed by atoms with van der Waals surface area (Å²) in [4.78, 5) is 42.1. The van der Waals surface area contributed by atoms with E-state index < -0.39 is 120 Å². The predicted octanol–water partition coefficient (Wildman–Crippen LogP) is 0.231. The van der Waals surface area contributed by atoms with Crippen LogP contribution in [0.2, 0.25) is 0 Å². The van der Waals surface area contributed by atoms with E-state index in [-0.39, 0.29) is 26.1 Å². The van der Waals surface area contributed by atoms with Gasteiger partial charge >= 0.3 is 6.18 Å². The van der Waals surface area contributed by atoms with Crippen molar-refractivity contribution >= 4 is 33.3 Å². The van der Waals surface area contributed by atoms with Gasteiger partial charge in [0.25, 0.3) is 5.91 Å². The summed E-state index contributed by atoms with van der Waals surface area (Å²) >= 11 is 0. The number of phenols is 1. The Morgan fingerprint density at radius 3 is 2.31 bits per heavy atom. The van der Waals surface area contributed by atoms with Crippen LogP contribution in [-0.2, 0) is 37.0 Å². The normalized spacial score (nSPS) is 30.0. The van der Waals surface area contributed by atoms with E-state index in [0.717, 1.165) is 16.6 Å². The second-order valence-corrected chi connectivity index (χ2v) is 14.3. The van der Waals surface area contributed by atoms with E-state index in [1.165, 1.54) is 30.9 Å². The SMILES string of the molecule is CN1CCN(S(C)(=O)=O)CC1c1cc(O)c2c(c1C(F)(F)F)C[C@H]1C[C@H]3[C@H](N(C)C)C(=O)C(C(N)=O)=C(O)[C@@]3(O)C(=O)C1=C2O. The van der Waals surface area contributed by atoms with Crippen LogP contribution < -0.4 is 5.73 Å². The first kappa shape index (κ1) is 32.9. The lowest BCUT2D eigenvalue weighted by Gasteiger charge is -2.50. The molecule has 45 heavy (non-hydrogen) atoms. The van der Waals surface area contributed by atoms with Crippen LogP contribution >= 0.6 is 0 Å². The number of carbonyl (C=O) groups is 3. The number of ketones is 2. The first-order chi connectivity index (χ1) is 20.6. The van der Waals surface area contributed by atoms with Gasteiger partial charge in [0, 0.05) is 37.2 Å². The Kier molecular flexibility index (Phi) is 7.68. The summed E-state index contributed by atoms with van der Waals surface area (Å²) in [6.07, 6.45) is -5.09. The zero-order chi connectivity index (χ0) is 33.7. The highest BCUT2D eigenvalue weighted by atomic mass is 32.2. The molecule has 246 valence electrons. The molecule has 0 aromatic heterocycles. The van der Waals surface area contributed by atoms with Crippen LogP contribution in [0.15, 0.2) is 23.0 Å². The lowest BCUT2D eigenvalue weighted by molar-refractivity contribution is -0.153. The number of sulfonamides is 1. The molecule has 0 spiro atoms. The van der Waals surface area contributed by atoms with Crippen LogP contribution in [0.1, 0.15) is 34.7 Å². The zero-order valence-electron chi connectivity index (χ0n) is 24.7. The van der Waals surface area contributed by atoms with Crippen LogP contribution in [0.5, 0.6) is 5.75 Å². The second-order valence-electron chi connectivity index (χ2n) is 12.3. The number of primary amides is 1. The number of hydrogen-bond acceptors (Lipinski definition) is 11. The molecule has 5 atom stereocenters. The Labute approximate surface area is 256 Å². The third kappa shape index (κ3) is 4.83. The molecule has 1 aromatic rings. The van der Waals surface area contributed by atoms with Gasteiger partial charge in [-0.2, -0.15) is 17.5 Å². The molecule has 5 rings (SSSR count). The number of benzene rings is 1. The summed E-state index contributed by atoms with van der Waals surface area (Å²) in [6, 6.07) is -1.77. The average molecular weight is 659 g/mol. The number of fused-ring (bicyclic) bond motifs is 3. The van der Waals surface area contributed by atoms with E-state index in [4.69, 9.17) is 5.73 Å². The van der Waals surface area contributed by atoms with Crippen LogP contribution in [0, 0.1) is 11.8 Å². The third-order valence-electron chi connectivity index (χ3n) is 9.48. The van der Waals surface area contributed by atoms with Crippen molar-refractivity contribution in [2.24, 2.45) is 17.6 Å². The van der Waals surface area contributed by atoms with Gasteiger partial charge < -0.3 is 26.2 Å². The van der Waals surface area contributed by atoms with Gasteiger partial charge in [-0.15, -0.1) is 0 Å². The van der Waals surface area contributed by atoms with Crippen LogP contribution in [0.25, 0.3) is 5.76 Å². The molecule has 1 heterocycles. The standard InChI is InChI=1S/C28H33F3N4O9S/c1-33(2)21-14-8-11-7-13-18(22(37)17(11)24(39)27(14,42)25(40)19(23(21)38)26(32)41)16(36)9-12(20(13)28(29,30)31)15-10-35(45(4,43)44)6-5-34(15)3/h9,11,14-15,21,36-37,40,42H,5-8,10H2,1-4H3,(H2,32,41)/t11-,14-,15?,21-,27-/m0/s1. The highest BCUT2D eigenvalue weighted by Gasteiger charge is 2.64. The van der Waals surface area contributed by atoms with Crippen molar-refractivity contribution in [3.8, 4) is 5.75 Å². The summed E-state index contributed by atoms with van der Waals surface area (Å²) < 4.78 is 70.4. The first-order valence-corrected chi connectivity index (χ1v) is 15.7. The lowest BCUT2D eigenvalue weighted by atomic mass is 9.57. The molecule has 1 saturated carbocycles. The summed E-state index contributed by atoms with van der Waals surface area (Å²) in [5.74, 6) is -9.65. The molecule has 17 heteroatoms. The smallest absolute Gasteiger partial charge is 0.417 e. The van der Waals surface area contributed by atoms with Gasteiger partial charge in [-0.1, -0.05) is 0 Å². The minimum atomic E-state index is -5.07. The highest BCUT2D eigenvalue weighted by molar-refractivity contribution is 7.88.